The van der Waals surface area contributed by atoms with Gasteiger partial charge in [-0.05, 0) is 18.8 Å². The first-order chi connectivity index (χ1) is 10.4. The summed E-state index contributed by atoms with van der Waals surface area (Å²) in [4.78, 5) is 13.9. The molecule has 1 saturated carbocycles. The number of hydrogen-bond acceptors (Lipinski definition) is 4. The first-order valence-electron chi connectivity index (χ1n) is 7.85. The summed E-state index contributed by atoms with van der Waals surface area (Å²) in [5.74, 6) is 0.640. The molecule has 22 heavy (non-hydrogen) atoms. The van der Waals surface area contributed by atoms with Crippen molar-refractivity contribution in [3.8, 4) is 0 Å². The van der Waals surface area contributed by atoms with Gasteiger partial charge in [-0.15, -0.1) is 0 Å². The standard InChI is InChI=1S/C14H25BrN2O4S/c1-12-3-2-4-13(9-12)21-10-14(18)16-5-7-17(8-6-16)22(19,20)11-15/h12-13H,2-11H2,1H3/t12-,13-/m0/s1. The van der Waals surface area contributed by atoms with Crippen molar-refractivity contribution < 1.29 is 17.9 Å². The Morgan fingerprint density at radius 2 is 1.91 bits per heavy atom. The molecule has 0 unspecified atom stereocenters. The van der Waals surface area contributed by atoms with Gasteiger partial charge >= 0.3 is 0 Å². The lowest BCUT2D eigenvalue weighted by Crippen LogP contribution is -2.51. The largest absolute Gasteiger partial charge is 0.368 e. The minimum Gasteiger partial charge on any atom is -0.368 e. The van der Waals surface area contributed by atoms with Crippen LogP contribution in [0.5, 0.6) is 0 Å². The van der Waals surface area contributed by atoms with Crippen LogP contribution in [0, 0.1) is 5.92 Å². The molecule has 0 radical (unpaired) electrons. The van der Waals surface area contributed by atoms with Crippen LogP contribution in [0.1, 0.15) is 32.6 Å². The van der Waals surface area contributed by atoms with E-state index >= 15 is 0 Å². The third kappa shape index (κ3) is 4.91. The zero-order valence-electron chi connectivity index (χ0n) is 13.0. The summed E-state index contributed by atoms with van der Waals surface area (Å²) in [6, 6.07) is 0. The summed E-state index contributed by atoms with van der Waals surface area (Å²) in [7, 11) is -3.23. The van der Waals surface area contributed by atoms with E-state index in [1.165, 1.54) is 17.1 Å². The summed E-state index contributed by atoms with van der Waals surface area (Å²) in [6.45, 7) is 3.94. The number of carbonyl (C=O) groups excluding carboxylic acids is 1. The maximum absolute atomic E-state index is 12.2. The number of rotatable bonds is 5. The van der Waals surface area contributed by atoms with Gasteiger partial charge in [0.25, 0.3) is 0 Å². The third-order valence-corrected chi connectivity index (χ3v) is 7.62. The smallest absolute Gasteiger partial charge is 0.248 e. The van der Waals surface area contributed by atoms with Gasteiger partial charge in [-0.2, -0.15) is 4.31 Å². The average Bonchev–Trinajstić information content (AvgIpc) is 2.53. The molecule has 1 saturated heterocycles. The molecule has 0 N–H and O–H groups in total. The Bertz CT molecular complexity index is 477. The van der Waals surface area contributed by atoms with E-state index in [0.717, 1.165) is 12.8 Å². The van der Waals surface area contributed by atoms with E-state index in [4.69, 9.17) is 4.74 Å². The topological polar surface area (TPSA) is 66.9 Å². The van der Waals surface area contributed by atoms with E-state index in [2.05, 4.69) is 22.9 Å². The Morgan fingerprint density at radius 3 is 2.50 bits per heavy atom. The number of halogens is 1. The van der Waals surface area contributed by atoms with Crippen LogP contribution in [0.3, 0.4) is 0 Å². The van der Waals surface area contributed by atoms with Crippen molar-refractivity contribution in [2.45, 2.75) is 38.7 Å². The van der Waals surface area contributed by atoms with Crippen LogP contribution in [0.4, 0.5) is 0 Å². The second kappa shape index (κ2) is 8.08. The molecule has 2 fully saturated rings. The Balaban J connectivity index is 1.73. The van der Waals surface area contributed by atoms with Crippen molar-refractivity contribution in [3.63, 3.8) is 0 Å². The molecule has 1 aliphatic carbocycles. The molecule has 2 rings (SSSR count). The molecule has 1 heterocycles. The quantitative estimate of drug-likeness (QED) is 0.658. The lowest BCUT2D eigenvalue weighted by Gasteiger charge is -2.34. The predicted octanol–water partition coefficient (Wildman–Crippen LogP) is 1.41. The van der Waals surface area contributed by atoms with Crippen LogP contribution in [0.2, 0.25) is 0 Å². The summed E-state index contributed by atoms with van der Waals surface area (Å²) in [5, 5.41) is 0. The summed E-state index contributed by atoms with van der Waals surface area (Å²) in [6.07, 6.45) is 4.68. The average molecular weight is 397 g/mol. The van der Waals surface area contributed by atoms with Gasteiger partial charge in [-0.1, -0.05) is 35.7 Å². The maximum Gasteiger partial charge on any atom is 0.248 e. The van der Waals surface area contributed by atoms with Crippen molar-refractivity contribution in [2.75, 3.05) is 37.4 Å². The van der Waals surface area contributed by atoms with Crippen LogP contribution in [-0.4, -0.2) is 67.1 Å². The molecule has 2 atom stereocenters. The zero-order valence-corrected chi connectivity index (χ0v) is 15.4. The van der Waals surface area contributed by atoms with Crippen LogP contribution in [-0.2, 0) is 19.6 Å². The molecule has 6 nitrogen and oxygen atoms in total. The van der Waals surface area contributed by atoms with Gasteiger partial charge in [0.1, 0.15) is 11.3 Å². The summed E-state index contributed by atoms with van der Waals surface area (Å²) < 4.78 is 30.6. The van der Waals surface area contributed by atoms with E-state index in [1.54, 1.807) is 4.90 Å². The van der Waals surface area contributed by atoms with Gasteiger partial charge in [0.15, 0.2) is 0 Å². The van der Waals surface area contributed by atoms with Crippen molar-refractivity contribution in [1.82, 2.24) is 9.21 Å². The van der Waals surface area contributed by atoms with Crippen LogP contribution >= 0.6 is 15.9 Å². The number of sulfonamides is 1. The van der Waals surface area contributed by atoms with Gasteiger partial charge in [-0.3, -0.25) is 4.79 Å². The molecule has 128 valence electrons. The highest BCUT2D eigenvalue weighted by atomic mass is 79.9. The number of amides is 1. The fraction of sp³-hybridized carbons (Fsp3) is 0.929. The monoisotopic (exact) mass is 396 g/mol. The molecule has 0 aromatic heterocycles. The van der Waals surface area contributed by atoms with Crippen molar-refractivity contribution in [1.29, 1.82) is 0 Å². The molecular formula is C14H25BrN2O4S. The van der Waals surface area contributed by atoms with Gasteiger partial charge < -0.3 is 9.64 Å². The fourth-order valence-corrected chi connectivity index (χ4v) is 4.82. The maximum atomic E-state index is 12.2. The molecule has 2 aliphatic rings. The normalized spacial score (nSPS) is 27.8. The third-order valence-electron chi connectivity index (χ3n) is 4.45. The number of carbonyl (C=O) groups is 1. The molecule has 0 aromatic rings. The first kappa shape index (κ1) is 18.2. The van der Waals surface area contributed by atoms with Gasteiger partial charge in [0, 0.05) is 26.2 Å². The van der Waals surface area contributed by atoms with E-state index in [9.17, 15) is 13.2 Å². The van der Waals surface area contributed by atoms with Crippen molar-refractivity contribution in [2.24, 2.45) is 5.92 Å². The number of hydrogen-bond donors (Lipinski definition) is 0. The molecule has 0 spiro atoms. The summed E-state index contributed by atoms with van der Waals surface area (Å²) >= 11 is 2.99. The predicted molar refractivity (Wildman–Crippen MR) is 88.2 cm³/mol. The molecule has 1 amide bonds. The lowest BCUT2D eigenvalue weighted by molar-refractivity contribution is -0.140. The van der Waals surface area contributed by atoms with Crippen molar-refractivity contribution in [3.05, 3.63) is 0 Å². The molecular weight excluding hydrogens is 372 g/mol. The fourth-order valence-electron chi connectivity index (χ4n) is 3.09. The highest BCUT2D eigenvalue weighted by molar-refractivity contribution is 9.10. The highest BCUT2D eigenvalue weighted by Gasteiger charge is 2.28. The van der Waals surface area contributed by atoms with Crippen LogP contribution in [0.25, 0.3) is 0 Å². The number of piperazine rings is 1. The Hall–Kier alpha value is -0.180. The Kier molecular flexibility index (Phi) is 6.67. The molecule has 8 heteroatoms. The minimum atomic E-state index is -3.23. The zero-order chi connectivity index (χ0) is 16.2. The van der Waals surface area contributed by atoms with Crippen molar-refractivity contribution >= 4 is 31.9 Å². The Morgan fingerprint density at radius 1 is 1.23 bits per heavy atom. The highest BCUT2D eigenvalue weighted by Crippen LogP contribution is 2.25. The second-order valence-electron chi connectivity index (χ2n) is 6.21. The van der Waals surface area contributed by atoms with Gasteiger partial charge in [0.2, 0.25) is 15.9 Å². The molecule has 0 bridgehead atoms. The van der Waals surface area contributed by atoms with Crippen LogP contribution in [0.15, 0.2) is 0 Å². The Labute approximate surface area is 141 Å². The first-order valence-corrected chi connectivity index (χ1v) is 10.6. The summed E-state index contributed by atoms with van der Waals surface area (Å²) in [5.41, 5.74) is 0. The second-order valence-corrected chi connectivity index (χ2v) is 9.48. The number of ether oxygens (including phenoxy) is 1. The van der Waals surface area contributed by atoms with Gasteiger partial charge in [-0.25, -0.2) is 8.42 Å². The van der Waals surface area contributed by atoms with E-state index in [1.807, 2.05) is 0 Å². The lowest BCUT2D eigenvalue weighted by atomic mass is 9.89. The van der Waals surface area contributed by atoms with Gasteiger partial charge in [0.05, 0.1) is 6.10 Å². The van der Waals surface area contributed by atoms with E-state index < -0.39 is 10.0 Å². The molecule has 0 aromatic carbocycles. The molecule has 1 aliphatic heterocycles. The minimum absolute atomic E-state index is 0.0332. The SMILES string of the molecule is C[C@H]1CCC[C@H](OCC(=O)N2CCN(S(=O)(=O)CBr)CC2)C1. The number of nitrogens with zero attached hydrogens (tertiary/aromatic N) is 2. The van der Waals surface area contributed by atoms with E-state index in [-0.39, 0.29) is 23.3 Å². The van der Waals surface area contributed by atoms with E-state index in [0.29, 0.717) is 32.1 Å². The van der Waals surface area contributed by atoms with Crippen LogP contribution < -0.4 is 0 Å². The number of alkyl halides is 1.